The van der Waals surface area contributed by atoms with E-state index in [1.54, 1.807) is 9.80 Å². The van der Waals surface area contributed by atoms with Crippen molar-refractivity contribution in [2.45, 2.75) is 13.1 Å². The highest BCUT2D eigenvalue weighted by atomic mass is 19.4. The number of halogens is 3. The van der Waals surface area contributed by atoms with Crippen molar-refractivity contribution in [3.63, 3.8) is 0 Å². The van der Waals surface area contributed by atoms with E-state index in [-0.39, 0.29) is 37.9 Å². The Morgan fingerprint density at radius 2 is 1.88 bits per heavy atom. The standard InChI is InChI=1S/C21H23F3N4O4/c1-15-3-2-4-17(13-15)32-12-7-25-20(29)27-10-8-26(9-11-27)18-6-5-16(21(22,23)24)14-19(18)28(30)31/h2-6,13-14H,7-12H2,1H3,(H,25,29). The number of alkyl halides is 3. The summed E-state index contributed by atoms with van der Waals surface area (Å²) in [6, 6.07) is 9.74. The molecule has 0 aromatic heterocycles. The lowest BCUT2D eigenvalue weighted by atomic mass is 10.1. The lowest BCUT2D eigenvalue weighted by Gasteiger charge is -2.35. The van der Waals surface area contributed by atoms with Crippen LogP contribution in [0.4, 0.5) is 29.3 Å². The molecule has 2 amide bonds. The third kappa shape index (κ3) is 5.80. The average molecular weight is 452 g/mol. The molecule has 11 heteroatoms. The summed E-state index contributed by atoms with van der Waals surface area (Å²) in [4.78, 5) is 26.0. The quantitative estimate of drug-likeness (QED) is 0.409. The van der Waals surface area contributed by atoms with Crippen LogP contribution in [0.25, 0.3) is 0 Å². The lowest BCUT2D eigenvalue weighted by molar-refractivity contribution is -0.384. The van der Waals surface area contributed by atoms with Crippen molar-refractivity contribution in [1.82, 2.24) is 10.2 Å². The SMILES string of the molecule is Cc1cccc(OCCNC(=O)N2CCN(c3ccc(C(F)(F)F)cc3[N+](=O)[O-])CC2)c1. The molecule has 1 aliphatic heterocycles. The number of nitrogens with one attached hydrogen (secondary N) is 1. The molecule has 1 N–H and O–H groups in total. The summed E-state index contributed by atoms with van der Waals surface area (Å²) in [6.07, 6.45) is -4.66. The monoisotopic (exact) mass is 452 g/mol. The van der Waals surface area contributed by atoms with E-state index in [2.05, 4.69) is 5.32 Å². The molecule has 2 aromatic rings. The molecule has 0 unspecified atom stereocenters. The number of aryl methyl sites for hydroxylation is 1. The highest BCUT2D eigenvalue weighted by Crippen LogP contribution is 2.36. The Kier molecular flexibility index (Phi) is 7.06. The molecule has 0 saturated carbocycles. The first-order valence-corrected chi connectivity index (χ1v) is 9.98. The van der Waals surface area contributed by atoms with Crippen molar-refractivity contribution < 1.29 is 27.6 Å². The van der Waals surface area contributed by atoms with E-state index < -0.39 is 22.4 Å². The van der Waals surface area contributed by atoms with Gasteiger partial charge in [-0.05, 0) is 36.8 Å². The van der Waals surface area contributed by atoms with Crippen LogP contribution in [-0.4, -0.2) is 55.2 Å². The second-order valence-corrected chi connectivity index (χ2v) is 7.33. The number of nitro groups is 1. The fourth-order valence-electron chi connectivity index (χ4n) is 3.41. The molecule has 0 bridgehead atoms. The minimum Gasteiger partial charge on any atom is -0.492 e. The second kappa shape index (κ2) is 9.75. The van der Waals surface area contributed by atoms with Crippen molar-refractivity contribution in [3.8, 4) is 5.75 Å². The molecule has 3 rings (SSSR count). The zero-order valence-electron chi connectivity index (χ0n) is 17.4. The second-order valence-electron chi connectivity index (χ2n) is 7.33. The third-order valence-corrected chi connectivity index (χ3v) is 5.04. The van der Waals surface area contributed by atoms with Crippen molar-refractivity contribution in [2.24, 2.45) is 0 Å². The maximum atomic E-state index is 12.9. The summed E-state index contributed by atoms with van der Waals surface area (Å²) in [5.74, 6) is 0.714. The van der Waals surface area contributed by atoms with E-state index in [4.69, 9.17) is 4.74 Å². The molecule has 1 saturated heterocycles. The van der Waals surface area contributed by atoms with E-state index in [1.165, 1.54) is 0 Å². The van der Waals surface area contributed by atoms with E-state index >= 15 is 0 Å². The Balaban J connectivity index is 1.51. The fourth-order valence-corrected chi connectivity index (χ4v) is 3.41. The fraction of sp³-hybridized carbons (Fsp3) is 0.381. The molecule has 1 aliphatic rings. The van der Waals surface area contributed by atoms with E-state index in [1.807, 2.05) is 31.2 Å². The van der Waals surface area contributed by atoms with Crippen LogP contribution in [0.1, 0.15) is 11.1 Å². The first-order chi connectivity index (χ1) is 15.1. The van der Waals surface area contributed by atoms with Gasteiger partial charge in [-0.2, -0.15) is 13.2 Å². The number of carbonyl (C=O) groups is 1. The number of hydrogen-bond acceptors (Lipinski definition) is 5. The molecule has 0 aliphatic carbocycles. The first-order valence-electron chi connectivity index (χ1n) is 9.98. The minimum atomic E-state index is -4.66. The van der Waals surface area contributed by atoms with Crippen molar-refractivity contribution in [3.05, 3.63) is 63.7 Å². The van der Waals surface area contributed by atoms with Gasteiger partial charge < -0.3 is 19.9 Å². The van der Waals surface area contributed by atoms with Crippen LogP contribution in [0.5, 0.6) is 5.75 Å². The summed E-state index contributed by atoms with van der Waals surface area (Å²) in [6.45, 7) is 3.64. The summed E-state index contributed by atoms with van der Waals surface area (Å²) < 4.78 is 44.3. The van der Waals surface area contributed by atoms with Crippen LogP contribution < -0.4 is 15.0 Å². The van der Waals surface area contributed by atoms with Crippen LogP contribution in [0.3, 0.4) is 0 Å². The molecule has 0 atom stereocenters. The largest absolute Gasteiger partial charge is 0.492 e. The molecule has 1 fully saturated rings. The van der Waals surface area contributed by atoms with Crippen LogP contribution in [0.15, 0.2) is 42.5 Å². The van der Waals surface area contributed by atoms with E-state index in [9.17, 15) is 28.1 Å². The van der Waals surface area contributed by atoms with Gasteiger partial charge in [-0.3, -0.25) is 10.1 Å². The smallest absolute Gasteiger partial charge is 0.416 e. The highest BCUT2D eigenvalue weighted by molar-refractivity contribution is 5.75. The van der Waals surface area contributed by atoms with Gasteiger partial charge in [0.25, 0.3) is 5.69 Å². The van der Waals surface area contributed by atoms with Gasteiger partial charge in [0.1, 0.15) is 18.0 Å². The molecule has 0 spiro atoms. The van der Waals surface area contributed by atoms with E-state index in [0.717, 1.165) is 17.7 Å². The van der Waals surface area contributed by atoms with Gasteiger partial charge in [0.15, 0.2) is 0 Å². The Hall–Kier alpha value is -3.50. The van der Waals surface area contributed by atoms with Crippen LogP contribution in [0, 0.1) is 17.0 Å². The van der Waals surface area contributed by atoms with E-state index in [0.29, 0.717) is 25.0 Å². The molecule has 8 nitrogen and oxygen atoms in total. The number of ether oxygens (including phenoxy) is 1. The number of hydrogen-bond donors (Lipinski definition) is 1. The molecule has 2 aromatic carbocycles. The summed E-state index contributed by atoms with van der Waals surface area (Å²) in [5.41, 5.74) is -0.503. The number of benzene rings is 2. The van der Waals surface area contributed by atoms with Gasteiger partial charge in [0, 0.05) is 32.2 Å². The normalized spacial score (nSPS) is 14.2. The number of rotatable bonds is 6. The zero-order chi connectivity index (χ0) is 23.3. The summed E-state index contributed by atoms with van der Waals surface area (Å²) in [7, 11) is 0. The van der Waals surface area contributed by atoms with Gasteiger partial charge >= 0.3 is 12.2 Å². The van der Waals surface area contributed by atoms with Gasteiger partial charge in [0.05, 0.1) is 17.0 Å². The Bertz CT molecular complexity index is 976. The molecule has 1 heterocycles. The first kappa shape index (κ1) is 23.2. The van der Waals surface area contributed by atoms with Gasteiger partial charge in [0.2, 0.25) is 0 Å². The van der Waals surface area contributed by atoms with Crippen molar-refractivity contribution in [1.29, 1.82) is 0 Å². The number of piperazine rings is 1. The summed E-state index contributed by atoms with van der Waals surface area (Å²) in [5, 5.41) is 14.1. The Morgan fingerprint density at radius 1 is 1.16 bits per heavy atom. The zero-order valence-corrected chi connectivity index (χ0v) is 17.4. The van der Waals surface area contributed by atoms with Gasteiger partial charge in [-0.15, -0.1) is 0 Å². The number of nitrogens with zero attached hydrogens (tertiary/aromatic N) is 3. The predicted octanol–water partition coefficient (Wildman–Crippen LogP) is 3.83. The maximum Gasteiger partial charge on any atom is 0.416 e. The molecule has 0 radical (unpaired) electrons. The third-order valence-electron chi connectivity index (χ3n) is 5.04. The minimum absolute atomic E-state index is 0.106. The van der Waals surface area contributed by atoms with Gasteiger partial charge in [-0.1, -0.05) is 12.1 Å². The maximum absolute atomic E-state index is 12.9. The van der Waals surface area contributed by atoms with Gasteiger partial charge in [-0.25, -0.2) is 4.79 Å². The Labute approximate surface area is 182 Å². The number of carbonyl (C=O) groups excluding carboxylic acids is 1. The van der Waals surface area contributed by atoms with Crippen molar-refractivity contribution >= 4 is 17.4 Å². The number of amides is 2. The van der Waals surface area contributed by atoms with Crippen molar-refractivity contribution in [2.75, 3.05) is 44.2 Å². The van der Waals surface area contributed by atoms with Crippen LogP contribution in [-0.2, 0) is 6.18 Å². The molecular formula is C21H23F3N4O4. The number of urea groups is 1. The highest BCUT2D eigenvalue weighted by Gasteiger charge is 2.34. The molecule has 32 heavy (non-hydrogen) atoms. The topological polar surface area (TPSA) is 88.0 Å². The molecular weight excluding hydrogens is 429 g/mol. The Morgan fingerprint density at radius 3 is 2.50 bits per heavy atom. The van der Waals surface area contributed by atoms with Crippen LogP contribution in [0.2, 0.25) is 0 Å². The molecule has 172 valence electrons. The summed E-state index contributed by atoms with van der Waals surface area (Å²) >= 11 is 0. The predicted molar refractivity (Wildman–Crippen MR) is 112 cm³/mol. The van der Waals surface area contributed by atoms with Crippen LogP contribution >= 0.6 is 0 Å². The average Bonchev–Trinajstić information content (AvgIpc) is 2.75. The number of nitro benzene ring substituents is 1. The number of anilines is 1. The lowest BCUT2D eigenvalue weighted by Crippen LogP contribution is -2.52.